The molecule has 0 radical (unpaired) electrons. The fraction of sp³-hybridized carbons (Fsp3) is 0.917. The zero-order valence-corrected chi connectivity index (χ0v) is 20.3. The smallest absolute Gasteiger partial charge is 0.456 e. The number of hydrogen-bond donors (Lipinski definition) is 1. The van der Waals surface area contributed by atoms with Crippen LogP contribution in [0.1, 0.15) is 64.2 Å². The molecule has 196 valence electrons. The van der Waals surface area contributed by atoms with Gasteiger partial charge in [0.25, 0.3) is 0 Å². The number of rotatable bonds is 7. The van der Waals surface area contributed by atoms with E-state index in [1.54, 1.807) is 0 Å². The maximum atomic E-state index is 13.7. The van der Waals surface area contributed by atoms with Gasteiger partial charge in [0.2, 0.25) is 0 Å². The molecule has 0 aliphatic heterocycles. The van der Waals surface area contributed by atoms with E-state index in [4.69, 9.17) is 18.8 Å². The number of hydrogen-bond acceptors (Lipinski definition) is 7. The third-order valence-electron chi connectivity index (χ3n) is 10.0. The van der Waals surface area contributed by atoms with Gasteiger partial charge in [0.1, 0.15) is 6.10 Å². The van der Waals surface area contributed by atoms with Crippen LogP contribution in [0.5, 0.6) is 0 Å². The van der Waals surface area contributed by atoms with E-state index in [1.165, 1.54) is 32.1 Å². The van der Waals surface area contributed by atoms with Crippen molar-refractivity contribution in [3.8, 4) is 0 Å². The summed E-state index contributed by atoms with van der Waals surface area (Å²) in [5.41, 5.74) is -0.752. The normalized spacial score (nSPS) is 45.5. The van der Waals surface area contributed by atoms with Gasteiger partial charge in [0.05, 0.1) is 11.5 Å². The Hall–Kier alpha value is -1.33. The molecule has 0 aromatic rings. The lowest BCUT2D eigenvalue weighted by Gasteiger charge is -2.57. The topological polar surface area (TPSA) is 116 Å². The summed E-state index contributed by atoms with van der Waals surface area (Å²) in [6, 6.07) is 0. The summed E-state index contributed by atoms with van der Waals surface area (Å²) in [6.45, 7) is -0.0768. The van der Waals surface area contributed by atoms with Gasteiger partial charge in [0.15, 0.2) is 6.79 Å². The molecule has 8 aliphatic carbocycles. The van der Waals surface area contributed by atoms with Crippen molar-refractivity contribution < 1.29 is 45.6 Å². The maximum Gasteiger partial charge on any atom is 0.465 e. The largest absolute Gasteiger partial charge is 0.465 e. The van der Waals surface area contributed by atoms with Crippen LogP contribution >= 0.6 is 0 Å². The molecule has 0 spiro atoms. The van der Waals surface area contributed by atoms with Crippen molar-refractivity contribution in [2.45, 2.75) is 81.7 Å². The van der Waals surface area contributed by atoms with Gasteiger partial charge in [-0.1, -0.05) is 0 Å². The van der Waals surface area contributed by atoms with Crippen LogP contribution in [0.3, 0.4) is 0 Å². The Bertz CT molecular complexity index is 969. The molecule has 8 rings (SSSR count). The second-order valence-corrected chi connectivity index (χ2v) is 13.7. The Labute approximate surface area is 203 Å². The number of ether oxygens (including phenoxy) is 3. The third kappa shape index (κ3) is 3.91. The van der Waals surface area contributed by atoms with Crippen LogP contribution in [0, 0.1) is 46.8 Å². The second kappa shape index (κ2) is 8.08. The van der Waals surface area contributed by atoms with Crippen molar-refractivity contribution in [3.05, 3.63) is 0 Å². The summed E-state index contributed by atoms with van der Waals surface area (Å²) in [5.74, 6) is -0.311. The van der Waals surface area contributed by atoms with E-state index in [2.05, 4.69) is 0 Å². The minimum absolute atomic E-state index is 0.0768. The molecule has 35 heavy (non-hydrogen) atoms. The van der Waals surface area contributed by atoms with Crippen LogP contribution in [0.2, 0.25) is 0 Å². The Morgan fingerprint density at radius 3 is 1.91 bits per heavy atom. The minimum Gasteiger partial charge on any atom is -0.456 e. The summed E-state index contributed by atoms with van der Waals surface area (Å²) in [4.78, 5) is 25.1. The Kier molecular flexibility index (Phi) is 5.55. The Balaban J connectivity index is 1.07. The number of carbonyl (C=O) groups excluding carboxylic acids is 2. The molecule has 11 heteroatoms. The van der Waals surface area contributed by atoms with Gasteiger partial charge in [-0.2, -0.15) is 17.2 Å². The van der Waals surface area contributed by atoms with Crippen molar-refractivity contribution in [2.24, 2.45) is 46.8 Å². The summed E-state index contributed by atoms with van der Waals surface area (Å²) >= 11 is 0. The number of alkyl halides is 2. The lowest BCUT2D eigenvalue weighted by atomic mass is 9.48. The van der Waals surface area contributed by atoms with Gasteiger partial charge >= 0.3 is 27.3 Å². The van der Waals surface area contributed by atoms with E-state index in [0.29, 0.717) is 43.9 Å². The van der Waals surface area contributed by atoms with E-state index in [9.17, 15) is 26.8 Å². The molecule has 0 amide bonds. The highest BCUT2D eigenvalue weighted by Crippen LogP contribution is 2.61. The standard InChI is InChI=1S/C24H32F2O8S/c25-24(26,35(29,30)31)22(28)34-20-17-6-14-7-18(20)10-23(8-14,9-17)21(27)33-11-32-19-15-2-12-1-13(4-15)5-16(19)3-12/h12-20H,1-11H2,(H,29,30,31). The minimum atomic E-state index is -5.93. The lowest BCUT2D eigenvalue weighted by Crippen LogP contribution is -2.58. The van der Waals surface area contributed by atoms with Gasteiger partial charge in [-0.3, -0.25) is 9.35 Å². The number of carbonyl (C=O) groups is 2. The van der Waals surface area contributed by atoms with Crippen LogP contribution in [0.4, 0.5) is 8.78 Å². The summed E-state index contributed by atoms with van der Waals surface area (Å²) < 4.78 is 74.7. The first kappa shape index (κ1) is 24.0. The molecule has 1 N–H and O–H groups in total. The van der Waals surface area contributed by atoms with Crippen molar-refractivity contribution in [1.82, 2.24) is 0 Å². The third-order valence-corrected chi connectivity index (χ3v) is 10.8. The van der Waals surface area contributed by atoms with Crippen LogP contribution in [0.15, 0.2) is 0 Å². The van der Waals surface area contributed by atoms with Crippen molar-refractivity contribution >= 4 is 22.1 Å². The average Bonchev–Trinajstić information content (AvgIpc) is 2.76. The molecular formula is C24H32F2O8S. The average molecular weight is 519 g/mol. The molecule has 0 saturated heterocycles. The van der Waals surface area contributed by atoms with Gasteiger partial charge in [-0.05, 0) is 106 Å². The van der Waals surface area contributed by atoms with Crippen LogP contribution in [0.25, 0.3) is 0 Å². The van der Waals surface area contributed by atoms with Gasteiger partial charge < -0.3 is 14.2 Å². The van der Waals surface area contributed by atoms with Crippen LogP contribution < -0.4 is 0 Å². The molecule has 8 fully saturated rings. The fourth-order valence-electron chi connectivity index (χ4n) is 9.18. The lowest BCUT2D eigenvalue weighted by molar-refractivity contribution is -0.216. The van der Waals surface area contributed by atoms with Gasteiger partial charge in [-0.25, -0.2) is 4.79 Å². The molecule has 2 unspecified atom stereocenters. The highest BCUT2D eigenvalue weighted by molar-refractivity contribution is 7.87. The van der Waals surface area contributed by atoms with E-state index in [1.807, 2.05) is 0 Å². The van der Waals surface area contributed by atoms with Gasteiger partial charge in [0, 0.05) is 0 Å². The maximum absolute atomic E-state index is 13.7. The highest BCUT2D eigenvalue weighted by Gasteiger charge is 2.62. The van der Waals surface area contributed by atoms with E-state index in [0.717, 1.165) is 11.8 Å². The van der Waals surface area contributed by atoms with Crippen LogP contribution in [-0.4, -0.2) is 49.2 Å². The molecule has 0 aromatic carbocycles. The predicted molar refractivity (Wildman–Crippen MR) is 115 cm³/mol. The number of esters is 2. The summed E-state index contributed by atoms with van der Waals surface area (Å²) in [7, 11) is -5.93. The zero-order valence-electron chi connectivity index (χ0n) is 19.4. The van der Waals surface area contributed by atoms with E-state index >= 15 is 0 Å². The predicted octanol–water partition coefficient (Wildman–Crippen LogP) is 3.55. The molecule has 8 bridgehead atoms. The SMILES string of the molecule is O=C(OCOC1C2CC3CC(C2)CC1C3)C12CC3CC(C1)C(OC(=O)C(F)(F)S(=O)(=O)O)C(C3)C2. The summed E-state index contributed by atoms with van der Waals surface area (Å²) in [5, 5.41) is -5.02. The first-order valence-electron chi connectivity index (χ1n) is 12.8. The van der Waals surface area contributed by atoms with E-state index < -0.39 is 32.9 Å². The second-order valence-electron chi connectivity index (χ2n) is 12.2. The first-order valence-corrected chi connectivity index (χ1v) is 14.2. The van der Waals surface area contributed by atoms with Crippen molar-refractivity contribution in [1.29, 1.82) is 0 Å². The molecule has 8 nitrogen and oxygen atoms in total. The first-order chi connectivity index (χ1) is 16.4. The zero-order chi connectivity index (χ0) is 24.8. The molecule has 2 atom stereocenters. The number of halogens is 2. The monoisotopic (exact) mass is 518 g/mol. The molecule has 8 saturated carbocycles. The molecule has 0 aromatic heterocycles. The van der Waals surface area contributed by atoms with E-state index in [-0.39, 0.29) is 36.6 Å². The van der Waals surface area contributed by atoms with Gasteiger partial charge in [-0.15, -0.1) is 0 Å². The molecular weight excluding hydrogens is 486 g/mol. The fourth-order valence-corrected chi connectivity index (χ4v) is 9.44. The molecule has 8 aliphatic rings. The quantitative estimate of drug-likeness (QED) is 0.309. The highest BCUT2D eigenvalue weighted by atomic mass is 32.2. The van der Waals surface area contributed by atoms with Crippen molar-refractivity contribution in [3.63, 3.8) is 0 Å². The molecule has 0 heterocycles. The Morgan fingerprint density at radius 2 is 1.37 bits per heavy atom. The summed E-state index contributed by atoms with van der Waals surface area (Å²) in [6.07, 6.45) is 7.98. The van der Waals surface area contributed by atoms with Crippen LogP contribution in [-0.2, 0) is 33.9 Å². The van der Waals surface area contributed by atoms with Crippen molar-refractivity contribution in [2.75, 3.05) is 6.79 Å². The Morgan fingerprint density at radius 1 is 0.829 bits per heavy atom.